The summed E-state index contributed by atoms with van der Waals surface area (Å²) in [5, 5.41) is 11.5. The first-order valence-electron chi connectivity index (χ1n) is 10.4. The van der Waals surface area contributed by atoms with E-state index in [1.54, 1.807) is 41.6 Å². The normalized spacial score (nSPS) is 24.8. The van der Waals surface area contributed by atoms with Gasteiger partial charge >= 0.3 is 6.18 Å². The van der Waals surface area contributed by atoms with E-state index in [2.05, 4.69) is 20.5 Å². The maximum absolute atomic E-state index is 13.9. The molecule has 2 atom stereocenters. The van der Waals surface area contributed by atoms with E-state index in [1.807, 2.05) is 6.92 Å². The summed E-state index contributed by atoms with van der Waals surface area (Å²) in [7, 11) is 0. The number of aromatic nitrogens is 1. The molecule has 3 aliphatic heterocycles. The second-order valence-corrected chi connectivity index (χ2v) is 7.95. The number of amides is 1. The molecule has 2 aromatic rings. The van der Waals surface area contributed by atoms with Crippen molar-refractivity contribution in [2.24, 2.45) is 10.2 Å². The Labute approximate surface area is 182 Å². The van der Waals surface area contributed by atoms with Crippen LogP contribution in [0.3, 0.4) is 0 Å². The fraction of sp³-hybridized carbons (Fsp3) is 0.304. The lowest BCUT2D eigenvalue weighted by Crippen LogP contribution is -2.54. The zero-order chi connectivity index (χ0) is 22.5. The van der Waals surface area contributed by atoms with Crippen molar-refractivity contribution in [3.63, 3.8) is 0 Å². The minimum atomic E-state index is -4.50. The number of hydrogen-bond acceptors (Lipinski definition) is 5. The van der Waals surface area contributed by atoms with Crippen LogP contribution in [0.1, 0.15) is 30.9 Å². The molecule has 3 aliphatic rings. The monoisotopic (exact) mass is 439 g/mol. The first kappa shape index (κ1) is 20.4. The largest absolute Gasteiger partial charge is 0.416 e. The number of carbonyl (C=O) groups is 1. The fourth-order valence-electron chi connectivity index (χ4n) is 4.94. The summed E-state index contributed by atoms with van der Waals surface area (Å²) in [5.74, 6) is 0.234. The molecule has 1 aromatic heterocycles. The van der Waals surface area contributed by atoms with Gasteiger partial charge in [0, 0.05) is 30.4 Å². The van der Waals surface area contributed by atoms with Crippen molar-refractivity contribution < 1.29 is 18.0 Å². The van der Waals surface area contributed by atoms with E-state index in [9.17, 15) is 18.0 Å². The van der Waals surface area contributed by atoms with Gasteiger partial charge in [0.25, 0.3) is 5.91 Å². The summed E-state index contributed by atoms with van der Waals surface area (Å²) >= 11 is 0. The number of anilines is 1. The van der Waals surface area contributed by atoms with Crippen LogP contribution in [-0.4, -0.2) is 23.6 Å². The molecule has 0 radical (unpaired) electrons. The van der Waals surface area contributed by atoms with Crippen LogP contribution in [0.15, 0.2) is 81.9 Å². The van der Waals surface area contributed by atoms with Crippen LogP contribution >= 0.6 is 0 Å². The second kappa shape index (κ2) is 7.29. The SMILES string of the molecule is CC[C@]1(c2cccc(C(F)(F)F)c2)C2=CN=NC2NC2=C1C(=O)N(c1ccccn1)CC2. The minimum absolute atomic E-state index is 0.275. The standard InChI is InChI=1S/C23H20F3N5O/c1-2-22(14-6-5-7-15(12-14)23(24,25)26)16-13-28-30-20(16)29-17-9-11-31(21(32)19(17)22)18-8-3-4-10-27-18/h3-8,10,12-13,20,29H,2,9,11H2,1H3/t20?,22-/m0/s1. The number of alkyl halides is 3. The predicted octanol–water partition coefficient (Wildman–Crippen LogP) is 4.72. The molecular weight excluding hydrogens is 419 g/mol. The summed E-state index contributed by atoms with van der Waals surface area (Å²) < 4.78 is 40.7. The van der Waals surface area contributed by atoms with Gasteiger partial charge in [-0.25, -0.2) is 4.98 Å². The highest BCUT2D eigenvalue weighted by atomic mass is 19.4. The van der Waals surface area contributed by atoms with Crippen LogP contribution in [-0.2, 0) is 16.4 Å². The molecule has 1 amide bonds. The predicted molar refractivity (Wildman–Crippen MR) is 112 cm³/mol. The van der Waals surface area contributed by atoms with Crippen molar-refractivity contribution in [2.75, 3.05) is 11.4 Å². The Morgan fingerprint density at radius 3 is 2.78 bits per heavy atom. The van der Waals surface area contributed by atoms with Crippen LogP contribution in [0.4, 0.5) is 19.0 Å². The van der Waals surface area contributed by atoms with Crippen LogP contribution < -0.4 is 10.2 Å². The van der Waals surface area contributed by atoms with Crippen molar-refractivity contribution >= 4 is 11.7 Å². The number of hydrogen-bond donors (Lipinski definition) is 1. The minimum Gasteiger partial charge on any atom is -0.362 e. The number of fused-ring (bicyclic) bond motifs is 1. The van der Waals surface area contributed by atoms with E-state index in [0.29, 0.717) is 47.6 Å². The number of halogens is 3. The molecule has 32 heavy (non-hydrogen) atoms. The average molecular weight is 439 g/mol. The van der Waals surface area contributed by atoms with Gasteiger partial charge < -0.3 is 5.32 Å². The molecular formula is C23H20F3N5O. The van der Waals surface area contributed by atoms with E-state index < -0.39 is 23.3 Å². The Hall–Kier alpha value is -3.49. The van der Waals surface area contributed by atoms with Crippen molar-refractivity contribution in [2.45, 2.75) is 37.5 Å². The fourth-order valence-corrected chi connectivity index (χ4v) is 4.94. The first-order valence-corrected chi connectivity index (χ1v) is 10.4. The van der Waals surface area contributed by atoms with Gasteiger partial charge in [0.1, 0.15) is 5.82 Å². The molecule has 0 saturated carbocycles. The molecule has 0 spiro atoms. The molecule has 9 heteroatoms. The Kier molecular flexibility index (Phi) is 4.65. The van der Waals surface area contributed by atoms with Gasteiger partial charge in [-0.2, -0.15) is 23.4 Å². The third kappa shape index (κ3) is 2.95. The lowest BCUT2D eigenvalue weighted by molar-refractivity contribution is -0.137. The average Bonchev–Trinajstić information content (AvgIpc) is 3.27. The van der Waals surface area contributed by atoms with E-state index in [0.717, 1.165) is 12.1 Å². The number of azo groups is 1. The number of benzene rings is 1. The van der Waals surface area contributed by atoms with E-state index in [-0.39, 0.29) is 5.91 Å². The zero-order valence-corrected chi connectivity index (χ0v) is 17.2. The number of rotatable bonds is 3. The van der Waals surface area contributed by atoms with E-state index in [4.69, 9.17) is 0 Å². The number of nitrogens with zero attached hydrogens (tertiary/aromatic N) is 4. The lowest BCUT2D eigenvalue weighted by atomic mass is 9.62. The van der Waals surface area contributed by atoms with Gasteiger partial charge in [-0.1, -0.05) is 31.2 Å². The highest BCUT2D eigenvalue weighted by molar-refractivity contribution is 6.09. The molecule has 1 N–H and O–H groups in total. The first-order chi connectivity index (χ1) is 15.4. The van der Waals surface area contributed by atoms with Gasteiger partial charge in [-0.3, -0.25) is 9.69 Å². The van der Waals surface area contributed by atoms with Crippen LogP contribution in [0.2, 0.25) is 0 Å². The third-order valence-electron chi connectivity index (χ3n) is 6.39. The molecule has 6 nitrogen and oxygen atoms in total. The van der Waals surface area contributed by atoms with Gasteiger partial charge in [-0.15, -0.1) is 0 Å². The highest BCUT2D eigenvalue weighted by Gasteiger charge is 2.53. The Balaban J connectivity index is 1.72. The highest BCUT2D eigenvalue weighted by Crippen LogP contribution is 2.51. The molecule has 0 saturated heterocycles. The molecule has 0 fully saturated rings. The van der Waals surface area contributed by atoms with Crippen molar-refractivity contribution in [3.05, 3.63) is 82.8 Å². The summed E-state index contributed by atoms with van der Waals surface area (Å²) in [6.07, 6.45) is -0.930. The maximum Gasteiger partial charge on any atom is 0.416 e. The topological polar surface area (TPSA) is 70.0 Å². The molecule has 0 bridgehead atoms. The molecule has 4 heterocycles. The summed E-state index contributed by atoms with van der Waals surface area (Å²) in [5.41, 5.74) is 0.381. The Morgan fingerprint density at radius 1 is 1.22 bits per heavy atom. The summed E-state index contributed by atoms with van der Waals surface area (Å²) in [6, 6.07) is 10.5. The van der Waals surface area contributed by atoms with E-state index in [1.165, 1.54) is 6.07 Å². The lowest BCUT2D eigenvalue weighted by Gasteiger charge is -2.47. The van der Waals surface area contributed by atoms with Crippen molar-refractivity contribution in [3.8, 4) is 0 Å². The van der Waals surface area contributed by atoms with Gasteiger partial charge in [0.15, 0.2) is 6.17 Å². The van der Waals surface area contributed by atoms with Crippen LogP contribution in [0.25, 0.3) is 0 Å². The second-order valence-electron chi connectivity index (χ2n) is 7.95. The molecule has 164 valence electrons. The smallest absolute Gasteiger partial charge is 0.362 e. The van der Waals surface area contributed by atoms with Crippen LogP contribution in [0.5, 0.6) is 0 Å². The molecule has 1 aromatic carbocycles. The molecule has 0 aliphatic carbocycles. The maximum atomic E-state index is 13.9. The zero-order valence-electron chi connectivity index (χ0n) is 17.2. The quantitative estimate of drug-likeness (QED) is 0.753. The Morgan fingerprint density at radius 2 is 2.06 bits per heavy atom. The number of pyridine rings is 1. The van der Waals surface area contributed by atoms with Gasteiger partial charge in [-0.05, 0) is 30.2 Å². The van der Waals surface area contributed by atoms with Gasteiger partial charge in [0.2, 0.25) is 0 Å². The number of carbonyl (C=O) groups excluding carboxylic acids is 1. The molecule has 1 unspecified atom stereocenters. The summed E-state index contributed by atoms with van der Waals surface area (Å²) in [4.78, 5) is 19.8. The number of nitrogens with one attached hydrogen (secondary N) is 1. The summed E-state index contributed by atoms with van der Waals surface area (Å²) in [6.45, 7) is 2.28. The molecule has 5 rings (SSSR count). The van der Waals surface area contributed by atoms with Crippen molar-refractivity contribution in [1.29, 1.82) is 0 Å². The van der Waals surface area contributed by atoms with Crippen LogP contribution in [0, 0.1) is 0 Å². The Bertz CT molecular complexity index is 1170. The third-order valence-corrected chi connectivity index (χ3v) is 6.39. The van der Waals surface area contributed by atoms with Gasteiger partial charge in [0.05, 0.1) is 22.8 Å². The van der Waals surface area contributed by atoms with Crippen molar-refractivity contribution in [1.82, 2.24) is 10.3 Å². The van der Waals surface area contributed by atoms with E-state index >= 15 is 0 Å².